The lowest BCUT2D eigenvalue weighted by Gasteiger charge is -2.30. The number of halogens is 1. The first kappa shape index (κ1) is 15.6. The van der Waals surface area contributed by atoms with Gasteiger partial charge in [0.05, 0.1) is 11.6 Å². The highest BCUT2D eigenvalue weighted by atomic mass is 35.5. The third-order valence-corrected chi connectivity index (χ3v) is 3.59. The Morgan fingerprint density at radius 1 is 1.43 bits per heavy atom. The summed E-state index contributed by atoms with van der Waals surface area (Å²) in [5.74, 6) is 0.290. The van der Waals surface area contributed by atoms with E-state index in [1.165, 1.54) is 6.20 Å². The Labute approximate surface area is 128 Å². The average molecular weight is 312 g/mol. The molecule has 7 heteroatoms. The Bertz CT molecular complexity index is 499. The van der Waals surface area contributed by atoms with Gasteiger partial charge in [0.2, 0.25) is 5.91 Å². The second-order valence-electron chi connectivity index (χ2n) is 4.81. The van der Waals surface area contributed by atoms with Gasteiger partial charge in [-0.15, -0.1) is 0 Å². The molecular weight excluding hydrogens is 294 g/mol. The molecule has 6 nitrogen and oxygen atoms in total. The second-order valence-corrected chi connectivity index (χ2v) is 5.25. The van der Waals surface area contributed by atoms with Crippen LogP contribution >= 0.6 is 11.6 Å². The number of ether oxygens (including phenoxy) is 1. The number of piperidine rings is 1. The molecule has 1 fully saturated rings. The molecule has 2 heterocycles. The van der Waals surface area contributed by atoms with Crippen LogP contribution in [0.2, 0.25) is 5.02 Å². The molecule has 1 aromatic rings. The van der Waals surface area contributed by atoms with Gasteiger partial charge in [-0.2, -0.15) is 0 Å². The number of nitrogens with one attached hydrogen (secondary N) is 1. The van der Waals surface area contributed by atoms with Gasteiger partial charge in [0.1, 0.15) is 5.82 Å². The van der Waals surface area contributed by atoms with Crippen LogP contribution in [0.4, 0.5) is 10.6 Å². The van der Waals surface area contributed by atoms with Crippen molar-refractivity contribution < 1.29 is 14.3 Å². The van der Waals surface area contributed by atoms with E-state index in [1.807, 2.05) is 0 Å². The molecule has 1 aliphatic rings. The first-order chi connectivity index (χ1) is 10.1. The standard InChI is InChI=1S/C14H18ClN3O3/c1-2-21-14(20)18-7-5-10(6-8-18)13(19)17-12-4-3-11(15)9-16-12/h3-4,9-10H,2,5-8H2,1H3,(H,16,17,19). The molecule has 0 radical (unpaired) electrons. The maximum Gasteiger partial charge on any atom is 0.409 e. The number of amides is 2. The molecule has 1 aromatic heterocycles. The minimum Gasteiger partial charge on any atom is -0.450 e. The zero-order chi connectivity index (χ0) is 15.2. The first-order valence-corrected chi connectivity index (χ1v) is 7.32. The first-order valence-electron chi connectivity index (χ1n) is 6.94. The molecule has 0 aliphatic carbocycles. The summed E-state index contributed by atoms with van der Waals surface area (Å²) in [6, 6.07) is 3.33. The van der Waals surface area contributed by atoms with Gasteiger partial charge in [0.25, 0.3) is 0 Å². The van der Waals surface area contributed by atoms with E-state index >= 15 is 0 Å². The number of hydrogen-bond donors (Lipinski definition) is 1. The molecule has 0 saturated carbocycles. The topological polar surface area (TPSA) is 71.5 Å². The second kappa shape index (κ2) is 7.26. The Morgan fingerprint density at radius 3 is 2.71 bits per heavy atom. The van der Waals surface area contributed by atoms with E-state index in [-0.39, 0.29) is 17.9 Å². The third-order valence-electron chi connectivity index (χ3n) is 3.37. The van der Waals surface area contributed by atoms with Crippen LogP contribution in [0.15, 0.2) is 18.3 Å². The Kier molecular flexibility index (Phi) is 5.38. The van der Waals surface area contributed by atoms with Gasteiger partial charge in [0, 0.05) is 25.2 Å². The number of anilines is 1. The number of pyridine rings is 1. The van der Waals surface area contributed by atoms with E-state index in [2.05, 4.69) is 10.3 Å². The molecule has 0 bridgehead atoms. The van der Waals surface area contributed by atoms with Gasteiger partial charge in [0.15, 0.2) is 0 Å². The summed E-state index contributed by atoms with van der Waals surface area (Å²) in [5.41, 5.74) is 0. The van der Waals surface area contributed by atoms with Crippen LogP contribution in [0.25, 0.3) is 0 Å². The fourth-order valence-corrected chi connectivity index (χ4v) is 2.33. The molecule has 0 atom stereocenters. The molecule has 0 unspecified atom stereocenters. The van der Waals surface area contributed by atoms with Crippen LogP contribution in [0.5, 0.6) is 0 Å². The average Bonchev–Trinajstić information content (AvgIpc) is 2.50. The molecule has 0 spiro atoms. The summed E-state index contributed by atoms with van der Waals surface area (Å²) in [6.45, 7) is 3.20. The normalized spacial score (nSPS) is 15.6. The number of aromatic nitrogens is 1. The van der Waals surface area contributed by atoms with Crippen molar-refractivity contribution in [1.82, 2.24) is 9.88 Å². The van der Waals surface area contributed by atoms with Gasteiger partial charge < -0.3 is 15.0 Å². The molecule has 2 amide bonds. The van der Waals surface area contributed by atoms with Crippen molar-refractivity contribution in [2.24, 2.45) is 5.92 Å². The van der Waals surface area contributed by atoms with E-state index in [4.69, 9.17) is 16.3 Å². The number of carbonyl (C=O) groups excluding carboxylic acids is 2. The van der Waals surface area contributed by atoms with Crippen molar-refractivity contribution >= 4 is 29.4 Å². The molecular formula is C14H18ClN3O3. The molecule has 1 N–H and O–H groups in total. The highest BCUT2D eigenvalue weighted by Crippen LogP contribution is 2.20. The molecule has 114 valence electrons. The Balaban J connectivity index is 1.83. The van der Waals surface area contributed by atoms with Crippen molar-refractivity contribution in [3.05, 3.63) is 23.4 Å². The third kappa shape index (κ3) is 4.32. The van der Waals surface area contributed by atoms with Gasteiger partial charge in [-0.3, -0.25) is 4.79 Å². The summed E-state index contributed by atoms with van der Waals surface area (Å²) in [6.07, 6.45) is 2.42. The van der Waals surface area contributed by atoms with Crippen LogP contribution in [0.3, 0.4) is 0 Å². The monoisotopic (exact) mass is 311 g/mol. The number of likely N-dealkylation sites (tertiary alicyclic amines) is 1. The number of nitrogens with zero attached hydrogens (tertiary/aromatic N) is 2. The largest absolute Gasteiger partial charge is 0.450 e. The molecule has 1 aliphatic heterocycles. The number of rotatable bonds is 3. The Hall–Kier alpha value is -1.82. The van der Waals surface area contributed by atoms with Gasteiger partial charge in [-0.05, 0) is 31.9 Å². The van der Waals surface area contributed by atoms with E-state index < -0.39 is 0 Å². The lowest BCUT2D eigenvalue weighted by Crippen LogP contribution is -2.41. The highest BCUT2D eigenvalue weighted by Gasteiger charge is 2.28. The van der Waals surface area contributed by atoms with Crippen molar-refractivity contribution in [2.45, 2.75) is 19.8 Å². The van der Waals surface area contributed by atoms with E-state index in [0.717, 1.165) is 0 Å². The molecule has 2 rings (SSSR count). The van der Waals surface area contributed by atoms with Gasteiger partial charge >= 0.3 is 6.09 Å². The van der Waals surface area contributed by atoms with Crippen molar-refractivity contribution in [1.29, 1.82) is 0 Å². The smallest absolute Gasteiger partial charge is 0.409 e. The van der Waals surface area contributed by atoms with Crippen molar-refractivity contribution in [2.75, 3.05) is 25.0 Å². The van der Waals surface area contributed by atoms with E-state index in [0.29, 0.717) is 43.4 Å². The summed E-state index contributed by atoms with van der Waals surface area (Å²) >= 11 is 5.74. The SMILES string of the molecule is CCOC(=O)N1CCC(C(=O)Nc2ccc(Cl)cn2)CC1. The highest BCUT2D eigenvalue weighted by molar-refractivity contribution is 6.30. The predicted octanol–water partition coefficient (Wildman–Crippen LogP) is 2.54. The Morgan fingerprint density at radius 2 is 2.14 bits per heavy atom. The van der Waals surface area contributed by atoms with E-state index in [9.17, 15) is 9.59 Å². The zero-order valence-corrected chi connectivity index (χ0v) is 12.6. The van der Waals surface area contributed by atoms with Crippen molar-refractivity contribution in [3.63, 3.8) is 0 Å². The van der Waals surface area contributed by atoms with Gasteiger partial charge in [-0.1, -0.05) is 11.6 Å². The summed E-state index contributed by atoms with van der Waals surface area (Å²) in [7, 11) is 0. The fraction of sp³-hybridized carbons (Fsp3) is 0.500. The predicted molar refractivity (Wildman–Crippen MR) is 79.2 cm³/mol. The van der Waals surface area contributed by atoms with Crippen molar-refractivity contribution in [3.8, 4) is 0 Å². The summed E-state index contributed by atoms with van der Waals surface area (Å²) < 4.78 is 4.95. The quantitative estimate of drug-likeness (QED) is 0.931. The lowest BCUT2D eigenvalue weighted by molar-refractivity contribution is -0.121. The lowest BCUT2D eigenvalue weighted by atomic mass is 9.96. The molecule has 21 heavy (non-hydrogen) atoms. The van der Waals surface area contributed by atoms with E-state index in [1.54, 1.807) is 24.0 Å². The van der Waals surface area contributed by atoms with Crippen LogP contribution in [-0.2, 0) is 9.53 Å². The summed E-state index contributed by atoms with van der Waals surface area (Å²) in [5, 5.41) is 3.29. The maximum atomic E-state index is 12.1. The number of hydrogen-bond acceptors (Lipinski definition) is 4. The van der Waals surface area contributed by atoms with Gasteiger partial charge in [-0.25, -0.2) is 9.78 Å². The van der Waals surface area contributed by atoms with Crippen LogP contribution in [0.1, 0.15) is 19.8 Å². The number of carbonyl (C=O) groups is 2. The van der Waals surface area contributed by atoms with Crippen LogP contribution in [-0.4, -0.2) is 41.6 Å². The zero-order valence-electron chi connectivity index (χ0n) is 11.8. The van der Waals surface area contributed by atoms with Crippen LogP contribution < -0.4 is 5.32 Å². The molecule has 1 saturated heterocycles. The fourth-order valence-electron chi connectivity index (χ4n) is 2.22. The minimum atomic E-state index is -0.310. The summed E-state index contributed by atoms with van der Waals surface area (Å²) in [4.78, 5) is 29.4. The molecule has 0 aromatic carbocycles. The van der Waals surface area contributed by atoms with Crippen LogP contribution in [0, 0.1) is 5.92 Å². The maximum absolute atomic E-state index is 12.1. The minimum absolute atomic E-state index is 0.0756.